The van der Waals surface area contributed by atoms with Crippen LogP contribution in [0, 0.1) is 5.92 Å². The third-order valence-corrected chi connectivity index (χ3v) is 3.33. The quantitative estimate of drug-likeness (QED) is 0.575. The van der Waals surface area contributed by atoms with Crippen LogP contribution in [0.25, 0.3) is 0 Å². The molecule has 2 atom stereocenters. The van der Waals surface area contributed by atoms with Crippen molar-refractivity contribution in [2.24, 2.45) is 11.8 Å². The van der Waals surface area contributed by atoms with E-state index >= 15 is 0 Å². The summed E-state index contributed by atoms with van der Waals surface area (Å²) in [5, 5.41) is 0. The Hall–Kier alpha value is -1.40. The molecule has 0 aromatic carbocycles. The average Bonchev–Trinajstić information content (AvgIpc) is 2.71. The standard InChI is InChI=1S/C11H20N6/c1-8-6-17(7-9(8)16(2)3)11-5-13-4-10(14-11)15-12/h4-5,8-9H,6-7,12H2,1-3H3,(H,14,15). The van der Waals surface area contributed by atoms with Crippen LogP contribution < -0.4 is 16.2 Å². The molecule has 1 aliphatic heterocycles. The molecular formula is C11H20N6. The number of nitrogens with zero attached hydrogens (tertiary/aromatic N) is 4. The fraction of sp³-hybridized carbons (Fsp3) is 0.636. The van der Waals surface area contributed by atoms with Gasteiger partial charge in [0.15, 0.2) is 5.82 Å². The lowest BCUT2D eigenvalue weighted by molar-refractivity contribution is 0.266. The molecule has 6 heteroatoms. The number of hydrogen-bond acceptors (Lipinski definition) is 6. The first-order valence-corrected chi connectivity index (χ1v) is 5.82. The van der Waals surface area contributed by atoms with Gasteiger partial charge >= 0.3 is 0 Å². The summed E-state index contributed by atoms with van der Waals surface area (Å²) < 4.78 is 0. The van der Waals surface area contributed by atoms with E-state index in [1.165, 1.54) is 0 Å². The molecule has 17 heavy (non-hydrogen) atoms. The summed E-state index contributed by atoms with van der Waals surface area (Å²) in [5.41, 5.74) is 2.53. The zero-order valence-electron chi connectivity index (χ0n) is 10.6. The van der Waals surface area contributed by atoms with E-state index in [0.717, 1.165) is 18.9 Å². The first-order valence-electron chi connectivity index (χ1n) is 5.82. The number of hydrogen-bond donors (Lipinski definition) is 2. The average molecular weight is 236 g/mol. The van der Waals surface area contributed by atoms with Gasteiger partial charge in [-0.05, 0) is 20.0 Å². The number of anilines is 2. The molecule has 1 aliphatic rings. The molecule has 0 bridgehead atoms. The molecule has 0 saturated carbocycles. The Morgan fingerprint density at radius 1 is 1.41 bits per heavy atom. The zero-order chi connectivity index (χ0) is 12.4. The molecule has 2 heterocycles. The molecule has 6 nitrogen and oxygen atoms in total. The lowest BCUT2D eigenvalue weighted by Crippen LogP contribution is -2.34. The number of rotatable bonds is 3. The molecule has 1 aromatic heterocycles. The maximum absolute atomic E-state index is 5.34. The molecule has 2 rings (SSSR count). The van der Waals surface area contributed by atoms with Crippen LogP contribution in [0.4, 0.5) is 11.6 Å². The fourth-order valence-electron chi connectivity index (χ4n) is 2.39. The third-order valence-electron chi connectivity index (χ3n) is 3.33. The summed E-state index contributed by atoms with van der Waals surface area (Å²) in [5.74, 6) is 7.45. The second-order valence-electron chi connectivity index (χ2n) is 4.82. The zero-order valence-corrected chi connectivity index (χ0v) is 10.6. The summed E-state index contributed by atoms with van der Waals surface area (Å²) in [6.45, 7) is 4.26. The molecule has 1 fully saturated rings. The molecule has 0 radical (unpaired) electrons. The lowest BCUT2D eigenvalue weighted by atomic mass is 10.1. The van der Waals surface area contributed by atoms with Gasteiger partial charge in [0.05, 0.1) is 12.4 Å². The molecule has 2 unspecified atom stereocenters. The maximum atomic E-state index is 5.34. The van der Waals surface area contributed by atoms with Gasteiger partial charge in [-0.25, -0.2) is 10.8 Å². The van der Waals surface area contributed by atoms with Gasteiger partial charge in [0.25, 0.3) is 0 Å². The van der Waals surface area contributed by atoms with Crippen LogP contribution >= 0.6 is 0 Å². The van der Waals surface area contributed by atoms with Crippen molar-refractivity contribution in [3.05, 3.63) is 12.4 Å². The van der Waals surface area contributed by atoms with E-state index in [1.54, 1.807) is 12.4 Å². The van der Waals surface area contributed by atoms with Crippen molar-refractivity contribution in [1.29, 1.82) is 0 Å². The minimum absolute atomic E-state index is 0.561. The Bertz CT molecular complexity index is 380. The van der Waals surface area contributed by atoms with Crippen molar-refractivity contribution >= 4 is 11.6 Å². The number of aromatic nitrogens is 2. The topological polar surface area (TPSA) is 70.3 Å². The predicted octanol–water partition coefficient (Wildman–Crippen LogP) is 0.149. The first-order chi connectivity index (χ1) is 8.11. The number of nitrogens with one attached hydrogen (secondary N) is 1. The molecule has 94 valence electrons. The van der Waals surface area contributed by atoms with Crippen LogP contribution in [0.1, 0.15) is 6.92 Å². The van der Waals surface area contributed by atoms with Gasteiger partial charge in [-0.3, -0.25) is 4.98 Å². The monoisotopic (exact) mass is 236 g/mol. The maximum Gasteiger partial charge on any atom is 0.160 e. The normalized spacial score (nSPS) is 24.4. The van der Waals surface area contributed by atoms with Crippen molar-refractivity contribution in [1.82, 2.24) is 14.9 Å². The Kier molecular flexibility index (Phi) is 3.44. The van der Waals surface area contributed by atoms with Gasteiger partial charge in [-0.1, -0.05) is 6.92 Å². The number of nitrogen functional groups attached to an aromatic ring is 1. The second kappa shape index (κ2) is 4.85. The Labute approximate surface area is 102 Å². The summed E-state index contributed by atoms with van der Waals surface area (Å²) in [4.78, 5) is 13.1. The SMILES string of the molecule is CC1CN(c2cncc(NN)n2)CC1N(C)C. The van der Waals surface area contributed by atoms with E-state index in [0.29, 0.717) is 17.8 Å². The smallest absolute Gasteiger partial charge is 0.160 e. The van der Waals surface area contributed by atoms with Gasteiger partial charge in [0, 0.05) is 19.1 Å². The van der Waals surface area contributed by atoms with Crippen LogP contribution in [-0.4, -0.2) is 48.1 Å². The van der Waals surface area contributed by atoms with Crippen molar-refractivity contribution in [3.8, 4) is 0 Å². The number of nitrogens with two attached hydrogens (primary N) is 1. The van der Waals surface area contributed by atoms with Crippen LogP contribution in [-0.2, 0) is 0 Å². The molecule has 0 spiro atoms. The van der Waals surface area contributed by atoms with E-state index in [-0.39, 0.29) is 0 Å². The van der Waals surface area contributed by atoms with Crippen LogP contribution in [0.15, 0.2) is 12.4 Å². The molecule has 1 aromatic rings. The number of hydrazine groups is 1. The van der Waals surface area contributed by atoms with Crippen LogP contribution in [0.2, 0.25) is 0 Å². The highest BCUT2D eigenvalue weighted by Crippen LogP contribution is 2.24. The highest BCUT2D eigenvalue weighted by Gasteiger charge is 2.31. The Balaban J connectivity index is 2.13. The predicted molar refractivity (Wildman–Crippen MR) is 68.7 cm³/mol. The van der Waals surface area contributed by atoms with Gasteiger partial charge in [0.2, 0.25) is 0 Å². The molecular weight excluding hydrogens is 216 g/mol. The van der Waals surface area contributed by atoms with Gasteiger partial charge in [-0.15, -0.1) is 0 Å². The highest BCUT2D eigenvalue weighted by atomic mass is 15.3. The Morgan fingerprint density at radius 2 is 2.18 bits per heavy atom. The molecule has 0 amide bonds. The second-order valence-corrected chi connectivity index (χ2v) is 4.82. The third kappa shape index (κ3) is 2.48. The van der Waals surface area contributed by atoms with E-state index < -0.39 is 0 Å². The summed E-state index contributed by atoms with van der Waals surface area (Å²) in [6, 6.07) is 0.561. The summed E-state index contributed by atoms with van der Waals surface area (Å²) in [6.07, 6.45) is 3.40. The molecule has 3 N–H and O–H groups in total. The fourth-order valence-corrected chi connectivity index (χ4v) is 2.39. The van der Waals surface area contributed by atoms with Crippen molar-refractivity contribution in [2.45, 2.75) is 13.0 Å². The van der Waals surface area contributed by atoms with E-state index in [1.807, 2.05) is 0 Å². The van der Waals surface area contributed by atoms with Gasteiger partial charge in [-0.2, -0.15) is 0 Å². The minimum Gasteiger partial charge on any atom is -0.353 e. The summed E-state index contributed by atoms with van der Waals surface area (Å²) >= 11 is 0. The van der Waals surface area contributed by atoms with Crippen molar-refractivity contribution < 1.29 is 0 Å². The molecule has 0 aliphatic carbocycles. The lowest BCUT2D eigenvalue weighted by Gasteiger charge is -2.22. The van der Waals surface area contributed by atoms with Gasteiger partial charge < -0.3 is 15.2 Å². The van der Waals surface area contributed by atoms with Crippen LogP contribution in [0.5, 0.6) is 0 Å². The Morgan fingerprint density at radius 3 is 2.76 bits per heavy atom. The van der Waals surface area contributed by atoms with Crippen molar-refractivity contribution in [3.63, 3.8) is 0 Å². The van der Waals surface area contributed by atoms with Crippen LogP contribution in [0.3, 0.4) is 0 Å². The van der Waals surface area contributed by atoms with Gasteiger partial charge in [0.1, 0.15) is 5.82 Å². The first kappa shape index (κ1) is 12.1. The highest BCUT2D eigenvalue weighted by molar-refractivity contribution is 5.44. The van der Waals surface area contributed by atoms with E-state index in [4.69, 9.17) is 5.84 Å². The minimum atomic E-state index is 0.561. The van der Waals surface area contributed by atoms with E-state index in [9.17, 15) is 0 Å². The summed E-state index contributed by atoms with van der Waals surface area (Å²) in [7, 11) is 4.24. The van der Waals surface area contributed by atoms with Crippen molar-refractivity contribution in [2.75, 3.05) is 37.5 Å². The molecule has 1 saturated heterocycles. The van der Waals surface area contributed by atoms with E-state index in [2.05, 4.69) is 46.2 Å². The largest absolute Gasteiger partial charge is 0.353 e. The number of likely N-dealkylation sites (N-methyl/N-ethyl adjacent to an activating group) is 1.